The zero-order valence-electron chi connectivity index (χ0n) is 15.7. The summed E-state index contributed by atoms with van der Waals surface area (Å²) in [4.78, 5) is 14.5. The van der Waals surface area contributed by atoms with Crippen molar-refractivity contribution in [1.29, 1.82) is 0 Å². The van der Waals surface area contributed by atoms with Crippen LogP contribution in [0.2, 0.25) is 0 Å². The van der Waals surface area contributed by atoms with E-state index >= 15 is 0 Å². The Kier molecular flexibility index (Phi) is 6.65. The van der Waals surface area contributed by atoms with Gasteiger partial charge in [-0.25, -0.2) is 0 Å². The van der Waals surface area contributed by atoms with Crippen molar-refractivity contribution in [3.63, 3.8) is 0 Å². The standard InChI is InChI=1S/C19H21N5O3S2/c25-17(21-14-3-5-15(6-4-14)24-7-10-26-11-8-24)13-28-19-23-22-18(29-19)20-12-16-2-1-9-27-16/h1-6,9H,7-8,10-13H2,(H,20,22)(H,21,25). The first kappa shape index (κ1) is 19.7. The highest BCUT2D eigenvalue weighted by molar-refractivity contribution is 8.01. The van der Waals surface area contributed by atoms with E-state index in [4.69, 9.17) is 9.15 Å². The third kappa shape index (κ3) is 5.72. The van der Waals surface area contributed by atoms with E-state index in [0.29, 0.717) is 11.7 Å². The first-order valence-electron chi connectivity index (χ1n) is 9.21. The number of morpholine rings is 1. The summed E-state index contributed by atoms with van der Waals surface area (Å²) >= 11 is 2.78. The van der Waals surface area contributed by atoms with Gasteiger partial charge >= 0.3 is 0 Å². The predicted octanol–water partition coefficient (Wildman–Crippen LogP) is 3.31. The second kappa shape index (κ2) is 9.77. The van der Waals surface area contributed by atoms with Crippen LogP contribution in [-0.4, -0.2) is 48.2 Å². The first-order valence-corrected chi connectivity index (χ1v) is 11.0. The molecule has 0 spiro atoms. The lowest BCUT2D eigenvalue weighted by molar-refractivity contribution is -0.113. The number of furan rings is 1. The molecule has 3 heterocycles. The van der Waals surface area contributed by atoms with Crippen LogP contribution in [0.4, 0.5) is 16.5 Å². The van der Waals surface area contributed by atoms with Crippen LogP contribution in [-0.2, 0) is 16.1 Å². The molecule has 2 N–H and O–H groups in total. The number of carbonyl (C=O) groups is 1. The fraction of sp³-hybridized carbons (Fsp3) is 0.316. The largest absolute Gasteiger partial charge is 0.467 e. The minimum atomic E-state index is -0.0746. The van der Waals surface area contributed by atoms with Gasteiger partial charge in [0.25, 0.3) is 0 Å². The molecule has 10 heteroatoms. The summed E-state index contributed by atoms with van der Waals surface area (Å²) in [5, 5.41) is 15.0. The summed E-state index contributed by atoms with van der Waals surface area (Å²) in [7, 11) is 0. The Morgan fingerprint density at radius 2 is 2.00 bits per heavy atom. The zero-order chi connectivity index (χ0) is 19.9. The number of ether oxygens (including phenoxy) is 1. The maximum absolute atomic E-state index is 12.2. The molecular formula is C19H21N5O3S2. The van der Waals surface area contributed by atoms with Crippen molar-refractivity contribution < 1.29 is 13.9 Å². The van der Waals surface area contributed by atoms with Crippen molar-refractivity contribution in [3.8, 4) is 0 Å². The van der Waals surface area contributed by atoms with E-state index in [1.807, 2.05) is 36.4 Å². The summed E-state index contributed by atoms with van der Waals surface area (Å²) in [5.74, 6) is 1.03. The third-order valence-electron chi connectivity index (χ3n) is 4.25. The molecule has 3 aromatic rings. The Hall–Kier alpha value is -2.56. The van der Waals surface area contributed by atoms with Gasteiger partial charge in [-0.15, -0.1) is 10.2 Å². The second-order valence-corrected chi connectivity index (χ2v) is 8.49. The molecule has 29 heavy (non-hydrogen) atoms. The second-order valence-electron chi connectivity index (χ2n) is 6.29. The maximum Gasteiger partial charge on any atom is 0.234 e. The molecule has 1 saturated heterocycles. The minimum Gasteiger partial charge on any atom is -0.467 e. The lowest BCUT2D eigenvalue weighted by Crippen LogP contribution is -2.36. The van der Waals surface area contributed by atoms with Gasteiger partial charge in [-0.2, -0.15) is 0 Å². The quantitative estimate of drug-likeness (QED) is 0.525. The molecule has 152 valence electrons. The van der Waals surface area contributed by atoms with Crippen LogP contribution in [0, 0.1) is 0 Å². The van der Waals surface area contributed by atoms with Crippen LogP contribution in [0.25, 0.3) is 0 Å². The predicted molar refractivity (Wildman–Crippen MR) is 115 cm³/mol. The topological polar surface area (TPSA) is 92.5 Å². The van der Waals surface area contributed by atoms with Crippen molar-refractivity contribution in [2.75, 3.05) is 47.6 Å². The summed E-state index contributed by atoms with van der Waals surface area (Å²) < 4.78 is 11.4. The fourth-order valence-corrected chi connectivity index (χ4v) is 4.36. The number of rotatable bonds is 8. The van der Waals surface area contributed by atoms with Crippen molar-refractivity contribution in [2.24, 2.45) is 0 Å². The van der Waals surface area contributed by atoms with Crippen LogP contribution in [0.5, 0.6) is 0 Å². The minimum absolute atomic E-state index is 0.0746. The summed E-state index contributed by atoms with van der Waals surface area (Å²) in [6, 6.07) is 11.6. The summed E-state index contributed by atoms with van der Waals surface area (Å²) in [5.41, 5.74) is 1.93. The molecule has 0 bridgehead atoms. The van der Waals surface area contributed by atoms with E-state index in [0.717, 1.165) is 47.8 Å². The van der Waals surface area contributed by atoms with Crippen molar-refractivity contribution in [1.82, 2.24) is 10.2 Å². The summed E-state index contributed by atoms with van der Waals surface area (Å²) in [6.07, 6.45) is 1.63. The molecular weight excluding hydrogens is 410 g/mol. The Balaban J connectivity index is 1.21. The fourth-order valence-electron chi connectivity index (χ4n) is 2.82. The number of thioether (sulfide) groups is 1. The van der Waals surface area contributed by atoms with Gasteiger partial charge in [-0.05, 0) is 36.4 Å². The number of hydrogen-bond acceptors (Lipinski definition) is 9. The highest BCUT2D eigenvalue weighted by atomic mass is 32.2. The van der Waals surface area contributed by atoms with E-state index in [1.165, 1.54) is 23.1 Å². The van der Waals surface area contributed by atoms with E-state index in [1.54, 1.807) is 6.26 Å². The molecule has 4 rings (SSSR count). The molecule has 1 aliphatic rings. The number of amides is 1. The average Bonchev–Trinajstić information content (AvgIpc) is 3.44. The molecule has 1 amide bonds. The number of nitrogens with one attached hydrogen (secondary N) is 2. The Bertz CT molecular complexity index is 908. The monoisotopic (exact) mass is 431 g/mol. The Morgan fingerprint density at radius 3 is 2.76 bits per heavy atom. The number of aromatic nitrogens is 2. The molecule has 1 fully saturated rings. The molecule has 0 radical (unpaired) electrons. The number of anilines is 3. The summed E-state index contributed by atoms with van der Waals surface area (Å²) in [6.45, 7) is 3.83. The number of hydrogen-bond donors (Lipinski definition) is 2. The van der Waals surface area contributed by atoms with E-state index < -0.39 is 0 Å². The first-order chi connectivity index (χ1) is 14.3. The molecule has 0 aliphatic carbocycles. The van der Waals surface area contributed by atoms with Crippen molar-refractivity contribution in [3.05, 3.63) is 48.4 Å². The van der Waals surface area contributed by atoms with Crippen LogP contribution in [0.15, 0.2) is 51.4 Å². The Labute approximate surface area is 176 Å². The van der Waals surface area contributed by atoms with Crippen molar-refractivity contribution >= 4 is 45.5 Å². The van der Waals surface area contributed by atoms with Gasteiger partial charge in [0.15, 0.2) is 4.34 Å². The lowest BCUT2D eigenvalue weighted by Gasteiger charge is -2.28. The highest BCUT2D eigenvalue weighted by Gasteiger charge is 2.12. The van der Waals surface area contributed by atoms with Gasteiger partial charge < -0.3 is 24.7 Å². The van der Waals surface area contributed by atoms with Crippen LogP contribution >= 0.6 is 23.1 Å². The number of carbonyl (C=O) groups excluding carboxylic acids is 1. The normalized spacial score (nSPS) is 14.0. The SMILES string of the molecule is O=C(CSc1nnc(NCc2ccco2)s1)Nc1ccc(N2CCOCC2)cc1. The number of nitrogens with zero attached hydrogens (tertiary/aromatic N) is 3. The van der Waals surface area contributed by atoms with Gasteiger partial charge in [-0.3, -0.25) is 4.79 Å². The van der Waals surface area contributed by atoms with Crippen LogP contribution < -0.4 is 15.5 Å². The molecule has 8 nitrogen and oxygen atoms in total. The third-order valence-corrected chi connectivity index (χ3v) is 6.27. The molecule has 0 saturated carbocycles. The van der Waals surface area contributed by atoms with Gasteiger partial charge in [0.05, 0.1) is 31.8 Å². The van der Waals surface area contributed by atoms with Gasteiger partial charge in [0.2, 0.25) is 11.0 Å². The van der Waals surface area contributed by atoms with E-state index in [-0.39, 0.29) is 11.7 Å². The molecule has 1 aromatic carbocycles. The maximum atomic E-state index is 12.2. The smallest absolute Gasteiger partial charge is 0.234 e. The zero-order valence-corrected chi connectivity index (χ0v) is 17.3. The molecule has 0 unspecified atom stereocenters. The van der Waals surface area contributed by atoms with Gasteiger partial charge in [-0.1, -0.05) is 23.1 Å². The van der Waals surface area contributed by atoms with Gasteiger partial charge in [0.1, 0.15) is 5.76 Å². The Morgan fingerprint density at radius 1 is 1.17 bits per heavy atom. The molecule has 1 aliphatic heterocycles. The van der Waals surface area contributed by atoms with Crippen molar-refractivity contribution in [2.45, 2.75) is 10.9 Å². The molecule has 0 atom stereocenters. The average molecular weight is 432 g/mol. The van der Waals surface area contributed by atoms with Crippen LogP contribution in [0.3, 0.4) is 0 Å². The molecule has 2 aromatic heterocycles. The number of benzene rings is 1. The lowest BCUT2D eigenvalue weighted by atomic mass is 10.2. The highest BCUT2D eigenvalue weighted by Crippen LogP contribution is 2.26. The van der Waals surface area contributed by atoms with Gasteiger partial charge in [0, 0.05) is 24.5 Å². The van der Waals surface area contributed by atoms with E-state index in [2.05, 4.69) is 25.7 Å². The van der Waals surface area contributed by atoms with E-state index in [9.17, 15) is 4.79 Å². The van der Waals surface area contributed by atoms with Crippen LogP contribution in [0.1, 0.15) is 5.76 Å².